The van der Waals surface area contributed by atoms with Crippen molar-refractivity contribution in [3.63, 3.8) is 0 Å². The number of anilines is 1. The lowest BCUT2D eigenvalue weighted by molar-refractivity contribution is 0.390. The quantitative estimate of drug-likeness (QED) is 0.854. The van der Waals surface area contributed by atoms with Crippen molar-refractivity contribution in [3.8, 4) is 5.88 Å². The normalized spacial score (nSPS) is 17.4. The molecule has 20 heavy (non-hydrogen) atoms. The van der Waals surface area contributed by atoms with E-state index in [2.05, 4.69) is 20.7 Å². The molecule has 106 valence electrons. The molecule has 1 aliphatic heterocycles. The summed E-state index contributed by atoms with van der Waals surface area (Å²) >= 11 is 0. The Labute approximate surface area is 118 Å². The Bertz CT molecular complexity index is 551. The van der Waals surface area contributed by atoms with Crippen LogP contribution in [0.15, 0.2) is 30.6 Å². The lowest BCUT2D eigenvalue weighted by Gasteiger charge is -2.25. The molecule has 0 amide bonds. The number of methoxy groups -OCH3 is 1. The van der Waals surface area contributed by atoms with Crippen molar-refractivity contribution >= 4 is 5.82 Å². The maximum atomic E-state index is 5.04. The fourth-order valence-electron chi connectivity index (χ4n) is 2.38. The maximum absolute atomic E-state index is 5.04. The highest BCUT2D eigenvalue weighted by atomic mass is 16.5. The van der Waals surface area contributed by atoms with Crippen molar-refractivity contribution in [1.29, 1.82) is 0 Å². The summed E-state index contributed by atoms with van der Waals surface area (Å²) in [6.07, 6.45) is 3.68. The summed E-state index contributed by atoms with van der Waals surface area (Å²) in [4.78, 5) is 4.20. The first-order valence-corrected chi connectivity index (χ1v) is 6.80. The number of pyridine rings is 1. The molecule has 2 N–H and O–H groups in total. The van der Waals surface area contributed by atoms with Crippen LogP contribution in [0.25, 0.3) is 0 Å². The number of nitrogens with one attached hydrogen (secondary N) is 2. The van der Waals surface area contributed by atoms with Crippen LogP contribution in [0.4, 0.5) is 5.82 Å². The molecule has 0 bridgehead atoms. The van der Waals surface area contributed by atoms with Gasteiger partial charge in [0, 0.05) is 50.4 Å². The number of hydrogen-bond donors (Lipinski definition) is 2. The Morgan fingerprint density at radius 1 is 1.45 bits per heavy atom. The third kappa shape index (κ3) is 2.91. The largest absolute Gasteiger partial charge is 0.481 e. The minimum absolute atomic E-state index is 0.550. The molecule has 0 radical (unpaired) electrons. The van der Waals surface area contributed by atoms with E-state index >= 15 is 0 Å². The van der Waals surface area contributed by atoms with Crippen LogP contribution in [-0.4, -0.2) is 35.0 Å². The van der Waals surface area contributed by atoms with Crippen LogP contribution in [0.5, 0.6) is 5.88 Å². The van der Waals surface area contributed by atoms with E-state index in [1.54, 1.807) is 7.11 Å². The van der Waals surface area contributed by atoms with E-state index in [1.165, 1.54) is 0 Å². The van der Waals surface area contributed by atoms with E-state index in [0.29, 0.717) is 11.8 Å². The van der Waals surface area contributed by atoms with Gasteiger partial charge in [-0.15, -0.1) is 0 Å². The summed E-state index contributed by atoms with van der Waals surface area (Å²) in [6, 6.07) is 5.92. The second-order valence-corrected chi connectivity index (χ2v) is 4.99. The summed E-state index contributed by atoms with van der Waals surface area (Å²) in [5, 5.41) is 11.2. The van der Waals surface area contributed by atoms with Crippen molar-refractivity contribution in [3.05, 3.63) is 36.2 Å². The molecule has 3 rings (SSSR count). The Morgan fingerprint density at radius 3 is 3.20 bits per heavy atom. The number of rotatable bonds is 5. The zero-order chi connectivity index (χ0) is 13.8. The number of ether oxygens (including phenoxy) is 1. The molecule has 0 saturated carbocycles. The molecular weight excluding hydrogens is 254 g/mol. The Balaban J connectivity index is 1.46. The molecule has 1 atom stereocenters. The van der Waals surface area contributed by atoms with Crippen molar-refractivity contribution in [1.82, 2.24) is 20.1 Å². The van der Waals surface area contributed by atoms with Crippen molar-refractivity contribution < 1.29 is 4.74 Å². The van der Waals surface area contributed by atoms with E-state index in [4.69, 9.17) is 4.74 Å². The minimum atomic E-state index is 0.550. The van der Waals surface area contributed by atoms with Gasteiger partial charge in [0.05, 0.1) is 13.3 Å². The van der Waals surface area contributed by atoms with E-state index in [1.807, 2.05) is 35.3 Å². The number of aromatic nitrogens is 3. The summed E-state index contributed by atoms with van der Waals surface area (Å²) in [7, 11) is 1.62. The fourth-order valence-corrected chi connectivity index (χ4v) is 2.38. The van der Waals surface area contributed by atoms with Gasteiger partial charge in [-0.25, -0.2) is 9.67 Å². The van der Waals surface area contributed by atoms with Gasteiger partial charge in [-0.1, -0.05) is 6.07 Å². The lowest BCUT2D eigenvalue weighted by atomic mass is 10.1. The molecule has 0 saturated heterocycles. The minimum Gasteiger partial charge on any atom is -0.481 e. The highest BCUT2D eigenvalue weighted by Crippen LogP contribution is 2.15. The van der Waals surface area contributed by atoms with Crippen LogP contribution in [0.1, 0.15) is 5.56 Å². The summed E-state index contributed by atoms with van der Waals surface area (Å²) in [6.45, 7) is 3.72. The fraction of sp³-hybridized carbons (Fsp3) is 0.429. The van der Waals surface area contributed by atoms with Crippen LogP contribution >= 0.6 is 0 Å². The average molecular weight is 273 g/mol. The highest BCUT2D eigenvalue weighted by molar-refractivity contribution is 5.35. The Kier molecular flexibility index (Phi) is 3.83. The molecule has 0 unspecified atom stereocenters. The number of hydrogen-bond acceptors (Lipinski definition) is 5. The third-order valence-corrected chi connectivity index (χ3v) is 3.49. The predicted octanol–water partition coefficient (Wildman–Crippen LogP) is 1.12. The molecule has 3 heterocycles. The van der Waals surface area contributed by atoms with Gasteiger partial charge in [0.15, 0.2) is 0 Å². The highest BCUT2D eigenvalue weighted by Gasteiger charge is 2.17. The zero-order valence-corrected chi connectivity index (χ0v) is 11.5. The molecule has 0 fully saturated rings. The zero-order valence-electron chi connectivity index (χ0n) is 11.5. The van der Waals surface area contributed by atoms with E-state index < -0.39 is 0 Å². The van der Waals surface area contributed by atoms with Gasteiger partial charge in [0.2, 0.25) is 5.88 Å². The van der Waals surface area contributed by atoms with Gasteiger partial charge in [-0.05, 0) is 5.56 Å². The first-order chi connectivity index (χ1) is 9.85. The SMILES string of the molecule is COc1ccc(CNC[C@@H]2CNc3ccnn3C2)cn1. The molecule has 2 aromatic rings. The van der Waals surface area contributed by atoms with Crippen LogP contribution < -0.4 is 15.4 Å². The van der Waals surface area contributed by atoms with Crippen LogP contribution in [0.3, 0.4) is 0 Å². The third-order valence-electron chi connectivity index (χ3n) is 3.49. The maximum Gasteiger partial charge on any atom is 0.212 e. The van der Waals surface area contributed by atoms with Gasteiger partial charge >= 0.3 is 0 Å². The Morgan fingerprint density at radius 2 is 2.40 bits per heavy atom. The summed E-state index contributed by atoms with van der Waals surface area (Å²) < 4.78 is 7.06. The molecule has 0 aromatic carbocycles. The molecule has 2 aromatic heterocycles. The van der Waals surface area contributed by atoms with Crippen molar-refractivity contribution in [2.45, 2.75) is 13.1 Å². The molecular formula is C14H19N5O. The van der Waals surface area contributed by atoms with E-state index in [-0.39, 0.29) is 0 Å². The predicted molar refractivity (Wildman–Crippen MR) is 76.7 cm³/mol. The molecule has 0 aliphatic carbocycles. The smallest absolute Gasteiger partial charge is 0.212 e. The van der Waals surface area contributed by atoms with Crippen LogP contribution in [0.2, 0.25) is 0 Å². The van der Waals surface area contributed by atoms with Crippen molar-refractivity contribution in [2.75, 3.05) is 25.5 Å². The van der Waals surface area contributed by atoms with Gasteiger partial charge in [-0.2, -0.15) is 5.10 Å². The second-order valence-electron chi connectivity index (χ2n) is 4.99. The van der Waals surface area contributed by atoms with Crippen molar-refractivity contribution in [2.24, 2.45) is 5.92 Å². The lowest BCUT2D eigenvalue weighted by Crippen LogP contribution is -2.35. The van der Waals surface area contributed by atoms with Crippen LogP contribution in [0, 0.1) is 5.92 Å². The summed E-state index contributed by atoms with van der Waals surface area (Å²) in [5.41, 5.74) is 1.16. The number of nitrogens with zero attached hydrogens (tertiary/aromatic N) is 3. The molecule has 0 spiro atoms. The monoisotopic (exact) mass is 273 g/mol. The second kappa shape index (κ2) is 5.92. The molecule has 1 aliphatic rings. The summed E-state index contributed by atoms with van der Waals surface area (Å²) in [5.74, 6) is 2.31. The Hall–Kier alpha value is -2.08. The van der Waals surface area contributed by atoms with E-state index in [9.17, 15) is 0 Å². The van der Waals surface area contributed by atoms with Gasteiger partial charge in [-0.3, -0.25) is 0 Å². The van der Waals surface area contributed by atoms with Crippen LogP contribution in [-0.2, 0) is 13.1 Å². The molecule has 6 heteroatoms. The van der Waals surface area contributed by atoms with Gasteiger partial charge in [0.25, 0.3) is 0 Å². The first-order valence-electron chi connectivity index (χ1n) is 6.80. The van der Waals surface area contributed by atoms with Gasteiger partial charge < -0.3 is 15.4 Å². The standard InChI is InChI=1S/C14H19N5O/c1-20-14-3-2-11(8-17-14)6-15-7-12-9-16-13-4-5-18-19(13)10-12/h2-5,8,12,15-16H,6-7,9-10H2,1H3/t12-/m1/s1. The number of fused-ring (bicyclic) bond motifs is 1. The topological polar surface area (TPSA) is 64.0 Å². The van der Waals surface area contributed by atoms with Gasteiger partial charge in [0.1, 0.15) is 5.82 Å². The average Bonchev–Trinajstić information content (AvgIpc) is 2.95. The first kappa shape index (κ1) is 12.9. The van der Waals surface area contributed by atoms with E-state index in [0.717, 1.165) is 37.6 Å². The molecule has 6 nitrogen and oxygen atoms in total.